The van der Waals surface area contributed by atoms with Gasteiger partial charge in [-0.2, -0.15) is 0 Å². The maximum atomic E-state index is 13.3. The molecule has 132 valence electrons. The largest absolute Gasteiger partial charge is 0.440 e. The van der Waals surface area contributed by atoms with Gasteiger partial charge >= 0.3 is 6.09 Å². The molecule has 0 bridgehead atoms. The van der Waals surface area contributed by atoms with E-state index < -0.39 is 5.60 Å². The third-order valence-corrected chi connectivity index (χ3v) is 4.66. The third kappa shape index (κ3) is 3.21. The molecule has 2 aliphatic heterocycles. The number of benzene rings is 1. The Morgan fingerprint density at radius 1 is 1.32 bits per heavy atom. The standard InChI is InChI=1S/C17H19FN4O3/c1-21-10-17(25-16(21)23)6-3-7-22(11-17)9-14-19-20-15(24-14)12-4-2-5-13(18)8-12/h2,4-5,8H,3,6-7,9-11H2,1H3. The molecule has 25 heavy (non-hydrogen) atoms. The van der Waals surface area contributed by atoms with Crippen molar-refractivity contribution in [2.75, 3.05) is 26.7 Å². The Morgan fingerprint density at radius 2 is 2.20 bits per heavy atom. The minimum atomic E-state index is -0.449. The molecule has 0 radical (unpaired) electrons. The molecule has 1 atom stereocenters. The predicted octanol–water partition coefficient (Wildman–Crippen LogP) is 2.29. The highest BCUT2D eigenvalue weighted by atomic mass is 19.1. The maximum Gasteiger partial charge on any atom is 0.410 e. The lowest BCUT2D eigenvalue weighted by atomic mass is 9.93. The summed E-state index contributed by atoms with van der Waals surface area (Å²) in [6.45, 7) is 2.59. The number of rotatable bonds is 3. The number of likely N-dealkylation sites (tertiary alicyclic amines) is 1. The molecule has 0 aliphatic carbocycles. The van der Waals surface area contributed by atoms with Crippen molar-refractivity contribution >= 4 is 6.09 Å². The summed E-state index contributed by atoms with van der Waals surface area (Å²) >= 11 is 0. The summed E-state index contributed by atoms with van der Waals surface area (Å²) in [7, 11) is 1.75. The van der Waals surface area contributed by atoms with E-state index in [2.05, 4.69) is 15.1 Å². The number of halogens is 1. The Balaban J connectivity index is 1.45. The molecule has 1 spiro atoms. The zero-order chi connectivity index (χ0) is 17.4. The van der Waals surface area contributed by atoms with Crippen molar-refractivity contribution in [3.8, 4) is 11.5 Å². The van der Waals surface area contributed by atoms with Crippen LogP contribution in [0.3, 0.4) is 0 Å². The van der Waals surface area contributed by atoms with E-state index in [9.17, 15) is 9.18 Å². The van der Waals surface area contributed by atoms with Crippen molar-refractivity contribution in [3.05, 3.63) is 36.0 Å². The van der Waals surface area contributed by atoms with Crippen molar-refractivity contribution < 1.29 is 18.3 Å². The van der Waals surface area contributed by atoms with Crippen LogP contribution in [0.25, 0.3) is 11.5 Å². The second kappa shape index (κ2) is 6.11. The van der Waals surface area contributed by atoms with Crippen LogP contribution < -0.4 is 0 Å². The molecule has 1 aromatic carbocycles. The first-order valence-electron chi connectivity index (χ1n) is 8.28. The van der Waals surface area contributed by atoms with Gasteiger partial charge in [-0.1, -0.05) is 6.07 Å². The van der Waals surface area contributed by atoms with Gasteiger partial charge in [-0.15, -0.1) is 10.2 Å². The monoisotopic (exact) mass is 346 g/mol. The number of carbonyl (C=O) groups is 1. The SMILES string of the molecule is CN1CC2(CCCN(Cc3nnc(-c4cccc(F)c4)o3)C2)OC1=O. The Labute approximate surface area is 144 Å². The average molecular weight is 346 g/mol. The Bertz CT molecular complexity index is 796. The highest BCUT2D eigenvalue weighted by Crippen LogP contribution is 2.32. The first kappa shape index (κ1) is 16.0. The number of hydrogen-bond acceptors (Lipinski definition) is 6. The summed E-state index contributed by atoms with van der Waals surface area (Å²) in [4.78, 5) is 15.5. The van der Waals surface area contributed by atoms with Crippen molar-refractivity contribution in [2.45, 2.75) is 25.0 Å². The van der Waals surface area contributed by atoms with E-state index >= 15 is 0 Å². The van der Waals surface area contributed by atoms with E-state index in [1.54, 1.807) is 24.1 Å². The fourth-order valence-corrected chi connectivity index (χ4v) is 3.58. The van der Waals surface area contributed by atoms with E-state index in [0.29, 0.717) is 37.0 Å². The third-order valence-electron chi connectivity index (χ3n) is 4.66. The molecular formula is C17H19FN4O3. The van der Waals surface area contributed by atoms with E-state index in [-0.39, 0.29) is 11.9 Å². The Hall–Kier alpha value is -2.48. The van der Waals surface area contributed by atoms with Gasteiger partial charge in [0, 0.05) is 19.2 Å². The molecule has 4 rings (SSSR count). The highest BCUT2D eigenvalue weighted by Gasteiger charge is 2.46. The lowest BCUT2D eigenvalue weighted by Gasteiger charge is -2.37. The second-order valence-electron chi connectivity index (χ2n) is 6.73. The van der Waals surface area contributed by atoms with Crippen LogP contribution in [0.15, 0.2) is 28.7 Å². The van der Waals surface area contributed by atoms with E-state index in [4.69, 9.17) is 9.15 Å². The van der Waals surface area contributed by atoms with E-state index in [0.717, 1.165) is 19.4 Å². The van der Waals surface area contributed by atoms with Crippen LogP contribution in [0.5, 0.6) is 0 Å². The maximum absolute atomic E-state index is 13.3. The van der Waals surface area contributed by atoms with Gasteiger partial charge in [-0.3, -0.25) is 4.90 Å². The first-order chi connectivity index (χ1) is 12.0. The number of nitrogens with zero attached hydrogens (tertiary/aromatic N) is 4. The molecule has 2 aliphatic rings. The molecular weight excluding hydrogens is 327 g/mol. The summed E-state index contributed by atoms with van der Waals surface area (Å²) < 4.78 is 24.6. The molecule has 2 fully saturated rings. The zero-order valence-electron chi connectivity index (χ0n) is 13.9. The molecule has 8 heteroatoms. The van der Waals surface area contributed by atoms with Gasteiger partial charge < -0.3 is 14.1 Å². The topological polar surface area (TPSA) is 71.7 Å². The van der Waals surface area contributed by atoms with Gasteiger partial charge in [-0.25, -0.2) is 9.18 Å². The van der Waals surface area contributed by atoms with Gasteiger partial charge in [0.15, 0.2) is 0 Å². The lowest BCUT2D eigenvalue weighted by Crippen LogP contribution is -2.50. The van der Waals surface area contributed by atoms with E-state index in [1.807, 2.05) is 0 Å². The summed E-state index contributed by atoms with van der Waals surface area (Å²) in [6.07, 6.45) is 1.53. The summed E-state index contributed by atoms with van der Waals surface area (Å²) in [5.74, 6) is 0.421. The fraction of sp³-hybridized carbons (Fsp3) is 0.471. The van der Waals surface area contributed by atoms with Crippen molar-refractivity contribution in [3.63, 3.8) is 0 Å². The van der Waals surface area contributed by atoms with Crippen LogP contribution >= 0.6 is 0 Å². The molecule has 0 N–H and O–H groups in total. The molecule has 3 heterocycles. The second-order valence-corrected chi connectivity index (χ2v) is 6.73. The number of ether oxygens (including phenoxy) is 1. The van der Waals surface area contributed by atoms with Gasteiger partial charge in [-0.05, 0) is 37.6 Å². The van der Waals surface area contributed by atoms with Crippen molar-refractivity contribution in [1.29, 1.82) is 0 Å². The van der Waals surface area contributed by atoms with Crippen LogP contribution in [-0.2, 0) is 11.3 Å². The van der Waals surface area contributed by atoms with Gasteiger partial charge in [0.1, 0.15) is 11.4 Å². The lowest BCUT2D eigenvalue weighted by molar-refractivity contribution is -0.0134. The Morgan fingerprint density at radius 3 is 2.96 bits per heavy atom. The fourth-order valence-electron chi connectivity index (χ4n) is 3.58. The highest BCUT2D eigenvalue weighted by molar-refractivity contribution is 5.70. The Kier molecular flexibility index (Phi) is 3.91. The van der Waals surface area contributed by atoms with E-state index in [1.165, 1.54) is 12.1 Å². The number of likely N-dealkylation sites (N-methyl/N-ethyl adjacent to an activating group) is 1. The van der Waals surface area contributed by atoms with Crippen LogP contribution in [0.1, 0.15) is 18.7 Å². The van der Waals surface area contributed by atoms with Crippen LogP contribution in [0, 0.1) is 5.82 Å². The smallest absolute Gasteiger partial charge is 0.410 e. The molecule has 2 aromatic rings. The predicted molar refractivity (Wildman–Crippen MR) is 86.0 cm³/mol. The zero-order valence-corrected chi connectivity index (χ0v) is 13.9. The quantitative estimate of drug-likeness (QED) is 0.849. The summed E-state index contributed by atoms with van der Waals surface area (Å²) in [5, 5.41) is 8.06. The van der Waals surface area contributed by atoms with Crippen LogP contribution in [0.2, 0.25) is 0 Å². The summed E-state index contributed by atoms with van der Waals surface area (Å²) in [5.41, 5.74) is 0.107. The minimum absolute atomic E-state index is 0.270. The number of carbonyl (C=O) groups excluding carboxylic acids is 1. The summed E-state index contributed by atoms with van der Waals surface area (Å²) in [6, 6.07) is 6.06. The molecule has 1 unspecified atom stereocenters. The minimum Gasteiger partial charge on any atom is -0.440 e. The molecule has 7 nitrogen and oxygen atoms in total. The molecule has 2 saturated heterocycles. The van der Waals surface area contributed by atoms with Crippen molar-refractivity contribution in [2.24, 2.45) is 0 Å². The molecule has 1 amide bonds. The number of piperidine rings is 1. The molecule has 0 saturated carbocycles. The molecule has 1 aromatic heterocycles. The average Bonchev–Trinajstić information content (AvgIpc) is 3.13. The van der Waals surface area contributed by atoms with Crippen LogP contribution in [-0.4, -0.2) is 58.4 Å². The van der Waals surface area contributed by atoms with Crippen molar-refractivity contribution in [1.82, 2.24) is 20.0 Å². The number of hydrogen-bond donors (Lipinski definition) is 0. The normalized spacial score (nSPS) is 24.1. The van der Waals surface area contributed by atoms with Gasteiger partial charge in [0.2, 0.25) is 11.8 Å². The number of amides is 1. The van der Waals surface area contributed by atoms with Gasteiger partial charge in [0.05, 0.1) is 13.1 Å². The number of aromatic nitrogens is 2. The van der Waals surface area contributed by atoms with Crippen LogP contribution in [0.4, 0.5) is 9.18 Å². The van der Waals surface area contributed by atoms with Gasteiger partial charge in [0.25, 0.3) is 0 Å². The first-order valence-corrected chi connectivity index (χ1v) is 8.28.